The number of carbonyl (C=O) groups excluding carboxylic acids is 2. The van der Waals surface area contributed by atoms with Crippen LogP contribution in [0.2, 0.25) is 0 Å². The minimum atomic E-state index is -0.529. The van der Waals surface area contributed by atoms with E-state index in [4.69, 9.17) is 9.47 Å². The van der Waals surface area contributed by atoms with E-state index in [1.807, 2.05) is 18.2 Å². The molecule has 4 nitrogen and oxygen atoms in total. The minimum absolute atomic E-state index is 0.200. The standard InChI is InChI=1S/C15H16O4/c1-18-13(16)8-15-9-14(17)19-12(15)7-6-10-4-2-3-5-11(10)15/h2-5,12H,6-9H2,1H3. The summed E-state index contributed by atoms with van der Waals surface area (Å²) in [6.07, 6.45) is 1.94. The van der Waals surface area contributed by atoms with E-state index in [0.717, 1.165) is 18.4 Å². The molecule has 2 atom stereocenters. The maximum absolute atomic E-state index is 11.7. The fraction of sp³-hybridized carbons (Fsp3) is 0.467. The molecule has 1 heterocycles. The summed E-state index contributed by atoms with van der Waals surface area (Å²) in [5.41, 5.74) is 1.75. The molecule has 1 saturated heterocycles. The van der Waals surface area contributed by atoms with Gasteiger partial charge in [-0.05, 0) is 24.0 Å². The molecule has 0 spiro atoms. The summed E-state index contributed by atoms with van der Waals surface area (Å²) in [4.78, 5) is 23.5. The van der Waals surface area contributed by atoms with Crippen molar-refractivity contribution in [2.45, 2.75) is 37.2 Å². The smallest absolute Gasteiger partial charge is 0.307 e. The Kier molecular flexibility index (Phi) is 2.81. The van der Waals surface area contributed by atoms with Crippen LogP contribution in [0.3, 0.4) is 0 Å². The maximum Gasteiger partial charge on any atom is 0.307 e. The lowest BCUT2D eigenvalue weighted by atomic mass is 9.65. The highest BCUT2D eigenvalue weighted by atomic mass is 16.6. The van der Waals surface area contributed by atoms with E-state index < -0.39 is 5.41 Å². The van der Waals surface area contributed by atoms with Gasteiger partial charge in [0.15, 0.2) is 0 Å². The van der Waals surface area contributed by atoms with Crippen molar-refractivity contribution >= 4 is 11.9 Å². The van der Waals surface area contributed by atoms with E-state index in [1.54, 1.807) is 0 Å². The van der Waals surface area contributed by atoms with Crippen LogP contribution in [0.15, 0.2) is 24.3 Å². The zero-order valence-electron chi connectivity index (χ0n) is 10.8. The van der Waals surface area contributed by atoms with E-state index >= 15 is 0 Å². The second-order valence-corrected chi connectivity index (χ2v) is 5.26. The first-order valence-corrected chi connectivity index (χ1v) is 6.50. The molecule has 0 aromatic heterocycles. The van der Waals surface area contributed by atoms with Crippen molar-refractivity contribution in [3.8, 4) is 0 Å². The van der Waals surface area contributed by atoms with Crippen LogP contribution in [-0.2, 0) is 30.9 Å². The lowest BCUT2D eigenvalue weighted by Gasteiger charge is -2.37. The van der Waals surface area contributed by atoms with Crippen molar-refractivity contribution < 1.29 is 19.1 Å². The first-order chi connectivity index (χ1) is 9.15. The maximum atomic E-state index is 11.7. The molecule has 0 N–H and O–H groups in total. The van der Waals surface area contributed by atoms with E-state index in [-0.39, 0.29) is 30.9 Å². The Morgan fingerprint density at radius 3 is 3.05 bits per heavy atom. The monoisotopic (exact) mass is 260 g/mol. The van der Waals surface area contributed by atoms with Gasteiger partial charge in [0.1, 0.15) is 6.10 Å². The molecule has 1 aliphatic heterocycles. The molecule has 100 valence electrons. The van der Waals surface area contributed by atoms with Gasteiger partial charge in [-0.1, -0.05) is 24.3 Å². The highest BCUT2D eigenvalue weighted by Gasteiger charge is 2.54. The van der Waals surface area contributed by atoms with Gasteiger partial charge < -0.3 is 9.47 Å². The predicted molar refractivity (Wildman–Crippen MR) is 67.6 cm³/mol. The van der Waals surface area contributed by atoms with Gasteiger partial charge in [-0.25, -0.2) is 0 Å². The van der Waals surface area contributed by atoms with Crippen LogP contribution in [0.1, 0.15) is 30.4 Å². The molecule has 0 amide bonds. The van der Waals surface area contributed by atoms with E-state index in [2.05, 4.69) is 6.07 Å². The highest BCUT2D eigenvalue weighted by Crippen LogP contribution is 2.48. The Morgan fingerprint density at radius 2 is 2.26 bits per heavy atom. The molecule has 1 fully saturated rings. The second-order valence-electron chi connectivity index (χ2n) is 5.26. The molecule has 1 aromatic carbocycles. The summed E-state index contributed by atoms with van der Waals surface area (Å²) >= 11 is 0. The molecule has 1 aromatic rings. The first kappa shape index (κ1) is 12.2. The van der Waals surface area contributed by atoms with Crippen molar-refractivity contribution in [3.05, 3.63) is 35.4 Å². The quantitative estimate of drug-likeness (QED) is 0.760. The summed E-state index contributed by atoms with van der Waals surface area (Å²) < 4.78 is 10.2. The van der Waals surface area contributed by atoms with Crippen molar-refractivity contribution in [3.63, 3.8) is 0 Å². The molecule has 4 heteroatoms. The van der Waals surface area contributed by atoms with Crippen LogP contribution >= 0.6 is 0 Å². The Hall–Kier alpha value is -1.84. The molecule has 0 bridgehead atoms. The Morgan fingerprint density at radius 1 is 1.47 bits per heavy atom. The van der Waals surface area contributed by atoms with Crippen LogP contribution in [0.4, 0.5) is 0 Å². The molecule has 2 aliphatic rings. The molecular weight excluding hydrogens is 244 g/mol. The third-order valence-electron chi connectivity index (χ3n) is 4.27. The van der Waals surface area contributed by atoms with Gasteiger partial charge in [0, 0.05) is 0 Å². The third kappa shape index (κ3) is 1.82. The number of aryl methyl sites for hydroxylation is 1. The zero-order valence-corrected chi connectivity index (χ0v) is 10.8. The number of benzene rings is 1. The topological polar surface area (TPSA) is 52.6 Å². The average Bonchev–Trinajstić information content (AvgIpc) is 2.75. The summed E-state index contributed by atoms with van der Waals surface area (Å²) in [6, 6.07) is 8.01. The fourth-order valence-corrected chi connectivity index (χ4v) is 3.40. The van der Waals surface area contributed by atoms with Crippen molar-refractivity contribution in [2.75, 3.05) is 7.11 Å². The number of methoxy groups -OCH3 is 1. The number of hydrogen-bond acceptors (Lipinski definition) is 4. The van der Waals surface area contributed by atoms with Gasteiger partial charge in [-0.3, -0.25) is 9.59 Å². The lowest BCUT2D eigenvalue weighted by molar-refractivity contribution is -0.145. The predicted octanol–water partition coefficient (Wildman–Crippen LogP) is 1.75. The number of fused-ring (bicyclic) bond motifs is 3. The minimum Gasteiger partial charge on any atom is -0.469 e. The van der Waals surface area contributed by atoms with Gasteiger partial charge in [-0.15, -0.1) is 0 Å². The summed E-state index contributed by atoms with van der Waals surface area (Å²) in [6.45, 7) is 0. The Labute approximate surface area is 111 Å². The van der Waals surface area contributed by atoms with Gasteiger partial charge in [-0.2, -0.15) is 0 Å². The highest BCUT2D eigenvalue weighted by molar-refractivity contribution is 5.80. The van der Waals surface area contributed by atoms with E-state index in [0.29, 0.717) is 0 Å². The van der Waals surface area contributed by atoms with Crippen LogP contribution in [0.5, 0.6) is 0 Å². The lowest BCUT2D eigenvalue weighted by Crippen LogP contribution is -2.42. The molecule has 3 rings (SSSR count). The van der Waals surface area contributed by atoms with E-state index in [1.165, 1.54) is 12.7 Å². The molecule has 1 aliphatic carbocycles. The number of hydrogen-bond donors (Lipinski definition) is 0. The molecule has 0 radical (unpaired) electrons. The third-order valence-corrected chi connectivity index (χ3v) is 4.27. The normalized spacial score (nSPS) is 28.3. The number of carbonyl (C=O) groups is 2. The van der Waals surface area contributed by atoms with Crippen LogP contribution in [0.25, 0.3) is 0 Å². The Bertz CT molecular complexity index is 537. The van der Waals surface area contributed by atoms with Gasteiger partial charge >= 0.3 is 11.9 Å². The summed E-state index contributed by atoms with van der Waals surface area (Å²) in [5, 5.41) is 0. The zero-order chi connectivity index (χ0) is 13.5. The molecule has 0 saturated carbocycles. The molecular formula is C15H16O4. The van der Waals surface area contributed by atoms with Crippen molar-refractivity contribution in [2.24, 2.45) is 0 Å². The van der Waals surface area contributed by atoms with Gasteiger partial charge in [0.2, 0.25) is 0 Å². The van der Waals surface area contributed by atoms with Gasteiger partial charge in [0.05, 0.1) is 25.4 Å². The molecule has 2 unspecified atom stereocenters. The first-order valence-electron chi connectivity index (χ1n) is 6.50. The second kappa shape index (κ2) is 4.37. The Balaban J connectivity index is 2.09. The van der Waals surface area contributed by atoms with Crippen molar-refractivity contribution in [1.82, 2.24) is 0 Å². The molecule has 19 heavy (non-hydrogen) atoms. The fourth-order valence-electron chi connectivity index (χ4n) is 3.40. The van der Waals surface area contributed by atoms with Crippen LogP contribution < -0.4 is 0 Å². The number of rotatable bonds is 2. The summed E-state index contributed by atoms with van der Waals surface area (Å²) in [7, 11) is 1.38. The van der Waals surface area contributed by atoms with Crippen molar-refractivity contribution in [1.29, 1.82) is 0 Å². The van der Waals surface area contributed by atoms with E-state index in [9.17, 15) is 9.59 Å². The van der Waals surface area contributed by atoms with Crippen LogP contribution in [-0.4, -0.2) is 25.2 Å². The summed E-state index contributed by atoms with van der Waals surface area (Å²) in [5.74, 6) is -0.509. The largest absolute Gasteiger partial charge is 0.469 e. The number of esters is 2. The number of ether oxygens (including phenoxy) is 2. The SMILES string of the molecule is COC(=O)CC12CC(=O)OC1CCc1ccccc12. The van der Waals surface area contributed by atoms with Crippen LogP contribution in [0, 0.1) is 0 Å². The average molecular weight is 260 g/mol. The van der Waals surface area contributed by atoms with Gasteiger partial charge in [0.25, 0.3) is 0 Å².